The molecule has 3 aromatic rings. The second-order valence-corrected chi connectivity index (χ2v) is 10.1. The first-order valence-corrected chi connectivity index (χ1v) is 13.1. The van der Waals surface area contributed by atoms with Gasteiger partial charge in [0.1, 0.15) is 18.1 Å². The average molecular weight is 570 g/mol. The Labute approximate surface area is 235 Å². The molecule has 14 heteroatoms. The summed E-state index contributed by atoms with van der Waals surface area (Å²) in [5.41, 5.74) is 7.82. The van der Waals surface area contributed by atoms with E-state index in [0.29, 0.717) is 11.3 Å². The minimum atomic E-state index is -1.30. The number of H-pyrrole nitrogens is 2. The number of fused-ring (bicyclic) bond motifs is 1. The van der Waals surface area contributed by atoms with Crippen LogP contribution in [0, 0.1) is 5.92 Å². The zero-order chi connectivity index (χ0) is 30.1. The maximum Gasteiger partial charge on any atom is 0.326 e. The summed E-state index contributed by atoms with van der Waals surface area (Å²) in [7, 11) is 0. The molecule has 1 aromatic carbocycles. The fraction of sp³-hybridized carbons (Fsp3) is 0.407. The third-order valence-electron chi connectivity index (χ3n) is 6.58. The number of carbonyl (C=O) groups is 5. The average Bonchev–Trinajstić information content (AvgIpc) is 3.59. The molecule has 0 radical (unpaired) electrons. The third-order valence-corrected chi connectivity index (χ3v) is 6.58. The Hall–Kier alpha value is -4.72. The zero-order valence-corrected chi connectivity index (χ0v) is 22.7. The summed E-state index contributed by atoms with van der Waals surface area (Å²) in [6, 6.07) is 2.61. The Kier molecular flexibility index (Phi) is 10.6. The van der Waals surface area contributed by atoms with E-state index < -0.39 is 59.7 Å². The first kappa shape index (κ1) is 30.8. The van der Waals surface area contributed by atoms with Crippen LogP contribution in [0.5, 0.6) is 0 Å². The molecule has 0 bridgehead atoms. The first-order chi connectivity index (χ1) is 19.5. The molecule has 14 nitrogen and oxygen atoms in total. The van der Waals surface area contributed by atoms with E-state index in [-0.39, 0.29) is 25.7 Å². The van der Waals surface area contributed by atoms with Crippen molar-refractivity contribution in [2.24, 2.45) is 11.7 Å². The highest BCUT2D eigenvalue weighted by Crippen LogP contribution is 2.19. The summed E-state index contributed by atoms with van der Waals surface area (Å²) in [4.78, 5) is 72.0. The van der Waals surface area contributed by atoms with Gasteiger partial charge < -0.3 is 41.9 Å². The number of hydrogen-bond donors (Lipinski definition) is 8. The zero-order valence-electron chi connectivity index (χ0n) is 22.7. The molecule has 4 unspecified atom stereocenters. The number of hydrogen-bond acceptors (Lipinski definition) is 7. The number of para-hydroxylation sites is 1. The SMILES string of the molecule is CC(C)C(NC(=O)C(N)CCC(=O)O)C(=O)NC(Cc1cnc[nH]1)C(=O)NC(Cc1c[nH]c2ccccc12)C(=O)O. The van der Waals surface area contributed by atoms with E-state index in [1.165, 1.54) is 12.5 Å². The molecule has 0 aliphatic rings. The molecule has 220 valence electrons. The molecular formula is C27H35N7O7. The van der Waals surface area contributed by atoms with Gasteiger partial charge in [-0.2, -0.15) is 0 Å². The van der Waals surface area contributed by atoms with Gasteiger partial charge in [-0.25, -0.2) is 9.78 Å². The number of rotatable bonds is 15. The molecule has 0 saturated heterocycles. The van der Waals surface area contributed by atoms with Gasteiger partial charge in [0.15, 0.2) is 0 Å². The number of carbonyl (C=O) groups excluding carboxylic acids is 3. The van der Waals surface area contributed by atoms with Crippen LogP contribution in [-0.4, -0.2) is 79.0 Å². The van der Waals surface area contributed by atoms with Crippen molar-refractivity contribution in [3.8, 4) is 0 Å². The predicted octanol–water partition coefficient (Wildman–Crippen LogP) is 0.0633. The molecule has 3 rings (SSSR count). The van der Waals surface area contributed by atoms with Crippen LogP contribution in [0.3, 0.4) is 0 Å². The lowest BCUT2D eigenvalue weighted by atomic mass is 10.0. The molecule has 0 aliphatic heterocycles. The molecule has 41 heavy (non-hydrogen) atoms. The Morgan fingerprint density at radius 2 is 1.63 bits per heavy atom. The molecule has 0 saturated carbocycles. The van der Waals surface area contributed by atoms with Crippen LogP contribution in [0.25, 0.3) is 10.9 Å². The summed E-state index contributed by atoms with van der Waals surface area (Å²) < 4.78 is 0. The van der Waals surface area contributed by atoms with Crippen LogP contribution in [0.2, 0.25) is 0 Å². The minimum Gasteiger partial charge on any atom is -0.481 e. The molecule has 0 spiro atoms. The maximum absolute atomic E-state index is 13.4. The second-order valence-electron chi connectivity index (χ2n) is 10.1. The lowest BCUT2D eigenvalue weighted by molar-refractivity contribution is -0.142. The van der Waals surface area contributed by atoms with E-state index in [9.17, 15) is 29.1 Å². The third kappa shape index (κ3) is 8.63. The van der Waals surface area contributed by atoms with Gasteiger partial charge in [-0.1, -0.05) is 32.0 Å². The number of imidazole rings is 1. The van der Waals surface area contributed by atoms with Crippen LogP contribution in [0.4, 0.5) is 0 Å². The lowest BCUT2D eigenvalue weighted by Gasteiger charge is -2.27. The van der Waals surface area contributed by atoms with Crippen molar-refractivity contribution >= 4 is 40.6 Å². The number of carboxylic acids is 2. The lowest BCUT2D eigenvalue weighted by Crippen LogP contribution is -2.59. The van der Waals surface area contributed by atoms with Crippen LogP contribution in [0.1, 0.15) is 37.9 Å². The van der Waals surface area contributed by atoms with Gasteiger partial charge in [-0.15, -0.1) is 0 Å². The van der Waals surface area contributed by atoms with Gasteiger partial charge in [0, 0.05) is 48.3 Å². The normalized spacial score (nSPS) is 14.1. The van der Waals surface area contributed by atoms with Gasteiger partial charge in [0.2, 0.25) is 17.7 Å². The first-order valence-electron chi connectivity index (χ1n) is 13.1. The molecular weight excluding hydrogens is 534 g/mol. The number of aromatic amines is 2. The van der Waals surface area contributed by atoms with Crippen molar-refractivity contribution in [2.45, 2.75) is 63.7 Å². The molecule has 2 aromatic heterocycles. The highest BCUT2D eigenvalue weighted by Gasteiger charge is 2.32. The Morgan fingerprint density at radius 3 is 2.27 bits per heavy atom. The van der Waals surface area contributed by atoms with Crippen molar-refractivity contribution in [1.29, 1.82) is 0 Å². The van der Waals surface area contributed by atoms with Crippen molar-refractivity contribution in [3.05, 3.63) is 54.2 Å². The van der Waals surface area contributed by atoms with E-state index in [1.807, 2.05) is 24.3 Å². The summed E-state index contributed by atoms with van der Waals surface area (Å²) in [6.45, 7) is 3.36. The molecule has 3 amide bonds. The quantitative estimate of drug-likeness (QED) is 0.123. The fourth-order valence-electron chi connectivity index (χ4n) is 4.29. The standard InChI is InChI=1S/C27H35N7O7/c1-14(2)23(34-24(37)18(28)7-8-22(35)36)26(39)32-20(10-16-12-29-13-31-16)25(38)33-21(27(40)41)9-15-11-30-19-6-4-3-5-17(15)19/h3-6,11-14,18,20-21,23,30H,7-10,28H2,1-2H3,(H,29,31)(H,32,39)(H,33,38)(H,34,37)(H,35,36)(H,40,41). The number of nitrogens with zero attached hydrogens (tertiary/aromatic N) is 1. The Bertz CT molecular complexity index is 1370. The van der Waals surface area contributed by atoms with Crippen LogP contribution < -0.4 is 21.7 Å². The summed E-state index contributed by atoms with van der Waals surface area (Å²) in [6.07, 6.45) is 4.08. The van der Waals surface area contributed by atoms with E-state index in [4.69, 9.17) is 10.8 Å². The van der Waals surface area contributed by atoms with E-state index >= 15 is 0 Å². The molecule has 0 fully saturated rings. The van der Waals surface area contributed by atoms with Gasteiger partial charge in [-0.3, -0.25) is 19.2 Å². The van der Waals surface area contributed by atoms with E-state index in [0.717, 1.165) is 10.9 Å². The van der Waals surface area contributed by atoms with E-state index in [1.54, 1.807) is 20.0 Å². The van der Waals surface area contributed by atoms with Gasteiger partial charge in [0.25, 0.3) is 0 Å². The van der Waals surface area contributed by atoms with Crippen molar-refractivity contribution < 1.29 is 34.2 Å². The summed E-state index contributed by atoms with van der Waals surface area (Å²) >= 11 is 0. The number of nitrogens with two attached hydrogens (primary N) is 1. The van der Waals surface area contributed by atoms with Crippen LogP contribution in [0.15, 0.2) is 43.0 Å². The Balaban J connectivity index is 1.75. The second kappa shape index (κ2) is 14.1. The number of aromatic nitrogens is 3. The van der Waals surface area contributed by atoms with E-state index in [2.05, 4.69) is 30.9 Å². The van der Waals surface area contributed by atoms with Crippen molar-refractivity contribution in [3.63, 3.8) is 0 Å². The minimum absolute atomic E-state index is 0.00524. The molecule has 2 heterocycles. The largest absolute Gasteiger partial charge is 0.481 e. The monoisotopic (exact) mass is 569 g/mol. The molecule has 9 N–H and O–H groups in total. The number of amides is 3. The van der Waals surface area contributed by atoms with Crippen LogP contribution in [-0.2, 0) is 36.8 Å². The number of aliphatic carboxylic acids is 2. The van der Waals surface area contributed by atoms with Crippen LogP contribution >= 0.6 is 0 Å². The summed E-state index contributed by atoms with van der Waals surface area (Å²) in [5, 5.41) is 27.2. The number of benzene rings is 1. The fourth-order valence-corrected chi connectivity index (χ4v) is 4.29. The highest BCUT2D eigenvalue weighted by atomic mass is 16.4. The highest BCUT2D eigenvalue weighted by molar-refractivity contribution is 5.94. The van der Waals surface area contributed by atoms with Gasteiger partial charge in [-0.05, 0) is 24.0 Å². The van der Waals surface area contributed by atoms with Crippen molar-refractivity contribution in [2.75, 3.05) is 0 Å². The molecule has 4 atom stereocenters. The summed E-state index contributed by atoms with van der Waals surface area (Å²) in [5.74, 6) is -4.93. The topological polar surface area (TPSA) is 232 Å². The van der Waals surface area contributed by atoms with Gasteiger partial charge >= 0.3 is 11.9 Å². The van der Waals surface area contributed by atoms with Crippen molar-refractivity contribution in [1.82, 2.24) is 30.9 Å². The predicted molar refractivity (Wildman–Crippen MR) is 147 cm³/mol. The smallest absolute Gasteiger partial charge is 0.326 e. The molecule has 0 aliphatic carbocycles. The number of nitrogens with one attached hydrogen (secondary N) is 5. The maximum atomic E-state index is 13.4. The number of carboxylic acid groups (broad SMARTS) is 2. The van der Waals surface area contributed by atoms with Gasteiger partial charge in [0.05, 0.1) is 12.4 Å². The Morgan fingerprint density at radius 1 is 0.927 bits per heavy atom.